The largest absolute Gasteiger partial charge is 0.355 e. The molecule has 2 amide bonds. The molecular weight excluding hydrogens is 216 g/mol. The van der Waals surface area contributed by atoms with Crippen molar-refractivity contribution in [2.45, 2.75) is 38.6 Å². The van der Waals surface area contributed by atoms with Crippen LogP contribution in [0.15, 0.2) is 12.2 Å². The highest BCUT2D eigenvalue weighted by Gasteiger charge is 2.41. The molecule has 0 aromatic heterocycles. The first-order chi connectivity index (χ1) is 8.22. The van der Waals surface area contributed by atoms with Crippen molar-refractivity contribution in [3.05, 3.63) is 12.2 Å². The number of amides is 2. The lowest BCUT2D eigenvalue weighted by Crippen LogP contribution is -2.34. The fraction of sp³-hybridized carbons (Fsp3) is 0.692. The Hall–Kier alpha value is -1.32. The Labute approximate surface area is 102 Å². The minimum absolute atomic E-state index is 0.0333. The number of hydrogen-bond acceptors (Lipinski definition) is 2. The van der Waals surface area contributed by atoms with Crippen molar-refractivity contribution < 1.29 is 9.59 Å². The Morgan fingerprint density at radius 2 is 2.29 bits per heavy atom. The second-order valence-electron chi connectivity index (χ2n) is 4.83. The van der Waals surface area contributed by atoms with E-state index in [1.54, 1.807) is 0 Å². The monoisotopic (exact) mass is 236 g/mol. The van der Waals surface area contributed by atoms with Gasteiger partial charge in [0.25, 0.3) is 0 Å². The Morgan fingerprint density at radius 1 is 1.53 bits per heavy atom. The lowest BCUT2D eigenvalue weighted by atomic mass is 10.1. The first-order valence-corrected chi connectivity index (χ1v) is 6.40. The van der Waals surface area contributed by atoms with E-state index in [0.717, 1.165) is 19.3 Å². The third-order valence-corrected chi connectivity index (χ3v) is 3.36. The second kappa shape index (κ2) is 5.34. The topological polar surface area (TPSA) is 49.4 Å². The van der Waals surface area contributed by atoms with Crippen molar-refractivity contribution in [1.29, 1.82) is 0 Å². The van der Waals surface area contributed by atoms with Crippen LogP contribution in [-0.4, -0.2) is 35.8 Å². The average Bonchev–Trinajstić information content (AvgIpc) is 3.08. The lowest BCUT2D eigenvalue weighted by Gasteiger charge is -2.15. The van der Waals surface area contributed by atoms with Gasteiger partial charge in [-0.15, -0.1) is 0 Å². The van der Waals surface area contributed by atoms with Gasteiger partial charge >= 0.3 is 0 Å². The maximum atomic E-state index is 11.8. The molecule has 2 fully saturated rings. The number of carbonyl (C=O) groups excluding carboxylic acids is 2. The Balaban J connectivity index is 1.74. The zero-order chi connectivity index (χ0) is 12.3. The van der Waals surface area contributed by atoms with Crippen molar-refractivity contribution in [2.24, 2.45) is 5.92 Å². The molecule has 94 valence electrons. The molecule has 1 atom stereocenters. The van der Waals surface area contributed by atoms with Crippen LogP contribution >= 0.6 is 0 Å². The van der Waals surface area contributed by atoms with E-state index in [0.29, 0.717) is 25.6 Å². The number of rotatable bonds is 5. The first-order valence-electron chi connectivity index (χ1n) is 6.40. The molecule has 4 heteroatoms. The molecule has 0 aromatic rings. The number of nitrogens with zero attached hydrogens (tertiary/aromatic N) is 1. The molecule has 17 heavy (non-hydrogen) atoms. The Kier molecular flexibility index (Phi) is 3.82. The van der Waals surface area contributed by atoms with Crippen LogP contribution in [0.1, 0.15) is 32.6 Å². The van der Waals surface area contributed by atoms with E-state index in [-0.39, 0.29) is 17.7 Å². The average molecular weight is 236 g/mol. The van der Waals surface area contributed by atoms with Crippen LogP contribution < -0.4 is 5.32 Å². The molecule has 2 aliphatic rings. The molecule has 1 aliphatic heterocycles. The highest BCUT2D eigenvalue weighted by atomic mass is 16.2. The minimum atomic E-state index is -0.131. The molecule has 1 saturated heterocycles. The van der Waals surface area contributed by atoms with Gasteiger partial charge in [0.05, 0.1) is 5.92 Å². The van der Waals surface area contributed by atoms with E-state index in [1.165, 1.54) is 0 Å². The van der Waals surface area contributed by atoms with Gasteiger partial charge in [-0.1, -0.05) is 12.2 Å². The number of carbonyl (C=O) groups is 2. The van der Waals surface area contributed by atoms with Crippen LogP contribution in [0.25, 0.3) is 0 Å². The summed E-state index contributed by atoms with van der Waals surface area (Å²) in [6.45, 7) is 3.25. The highest BCUT2D eigenvalue weighted by Crippen LogP contribution is 2.32. The molecule has 0 aromatic carbocycles. The molecule has 1 unspecified atom stereocenters. The molecule has 1 heterocycles. The summed E-state index contributed by atoms with van der Waals surface area (Å²) in [6.07, 6.45) is 7.47. The standard InChI is InChI=1S/C13H20N2O2/c1-2-3-4-7-14-13(17)10-8-12(16)15(9-10)11-5-6-11/h2-3,10-11H,4-9H2,1H3,(H,14,17)/b3-2+. The van der Waals surface area contributed by atoms with Crippen molar-refractivity contribution >= 4 is 11.8 Å². The van der Waals surface area contributed by atoms with Gasteiger partial charge in [0.1, 0.15) is 0 Å². The van der Waals surface area contributed by atoms with Gasteiger partial charge in [0.2, 0.25) is 11.8 Å². The molecular formula is C13H20N2O2. The summed E-state index contributed by atoms with van der Waals surface area (Å²) in [6, 6.07) is 0.434. The summed E-state index contributed by atoms with van der Waals surface area (Å²) in [7, 11) is 0. The number of nitrogens with one attached hydrogen (secondary N) is 1. The zero-order valence-electron chi connectivity index (χ0n) is 10.3. The second-order valence-corrected chi connectivity index (χ2v) is 4.83. The maximum absolute atomic E-state index is 11.8. The minimum Gasteiger partial charge on any atom is -0.355 e. The van der Waals surface area contributed by atoms with Gasteiger partial charge in [-0.2, -0.15) is 0 Å². The van der Waals surface area contributed by atoms with Crippen LogP contribution in [0.3, 0.4) is 0 Å². The fourth-order valence-electron chi connectivity index (χ4n) is 2.24. The fourth-order valence-corrected chi connectivity index (χ4v) is 2.24. The van der Waals surface area contributed by atoms with Crippen molar-refractivity contribution in [1.82, 2.24) is 10.2 Å². The Morgan fingerprint density at radius 3 is 2.94 bits per heavy atom. The number of allylic oxidation sites excluding steroid dienone is 1. The van der Waals surface area contributed by atoms with Crippen molar-refractivity contribution in [3.63, 3.8) is 0 Å². The van der Waals surface area contributed by atoms with E-state index < -0.39 is 0 Å². The molecule has 1 aliphatic carbocycles. The Bertz CT molecular complexity index is 334. The number of hydrogen-bond donors (Lipinski definition) is 1. The van der Waals surface area contributed by atoms with Crippen LogP contribution in [0.2, 0.25) is 0 Å². The predicted molar refractivity (Wildman–Crippen MR) is 65.3 cm³/mol. The summed E-state index contributed by atoms with van der Waals surface area (Å²) in [5.74, 6) is 0.0563. The quantitative estimate of drug-likeness (QED) is 0.573. The summed E-state index contributed by atoms with van der Waals surface area (Å²) in [4.78, 5) is 25.4. The van der Waals surface area contributed by atoms with E-state index >= 15 is 0 Å². The third-order valence-electron chi connectivity index (χ3n) is 3.36. The third kappa shape index (κ3) is 3.08. The molecule has 1 N–H and O–H groups in total. The van der Waals surface area contributed by atoms with Gasteiger partial charge in [-0.05, 0) is 26.2 Å². The summed E-state index contributed by atoms with van der Waals surface area (Å²) in [5, 5.41) is 2.89. The predicted octanol–water partition coefficient (Wildman–Crippen LogP) is 1.08. The zero-order valence-corrected chi connectivity index (χ0v) is 10.3. The SMILES string of the molecule is C/C=C/CCNC(=O)C1CC(=O)N(C2CC2)C1. The lowest BCUT2D eigenvalue weighted by molar-refractivity contribution is -0.129. The van der Waals surface area contributed by atoms with Gasteiger partial charge < -0.3 is 10.2 Å². The van der Waals surface area contributed by atoms with Crippen LogP contribution in [0.4, 0.5) is 0 Å². The molecule has 4 nitrogen and oxygen atoms in total. The van der Waals surface area contributed by atoms with Crippen LogP contribution in [0, 0.1) is 5.92 Å². The van der Waals surface area contributed by atoms with E-state index in [4.69, 9.17) is 0 Å². The van der Waals surface area contributed by atoms with Gasteiger partial charge in [0.15, 0.2) is 0 Å². The van der Waals surface area contributed by atoms with E-state index in [1.807, 2.05) is 24.0 Å². The highest BCUT2D eigenvalue weighted by molar-refractivity contribution is 5.89. The van der Waals surface area contributed by atoms with E-state index in [2.05, 4.69) is 5.32 Å². The maximum Gasteiger partial charge on any atom is 0.225 e. The molecule has 0 radical (unpaired) electrons. The molecule has 1 saturated carbocycles. The van der Waals surface area contributed by atoms with Crippen LogP contribution in [-0.2, 0) is 9.59 Å². The van der Waals surface area contributed by atoms with Crippen LogP contribution in [0.5, 0.6) is 0 Å². The normalized spacial score (nSPS) is 24.6. The molecule has 2 rings (SSSR count). The van der Waals surface area contributed by atoms with Crippen molar-refractivity contribution in [2.75, 3.05) is 13.1 Å². The summed E-state index contributed by atoms with van der Waals surface area (Å²) in [5.41, 5.74) is 0. The van der Waals surface area contributed by atoms with Gasteiger partial charge in [0, 0.05) is 25.6 Å². The van der Waals surface area contributed by atoms with Gasteiger partial charge in [-0.3, -0.25) is 9.59 Å². The molecule has 0 bridgehead atoms. The summed E-state index contributed by atoms with van der Waals surface area (Å²) < 4.78 is 0. The number of likely N-dealkylation sites (tertiary alicyclic amines) is 1. The first kappa shape index (κ1) is 12.1. The van der Waals surface area contributed by atoms with Crippen molar-refractivity contribution in [3.8, 4) is 0 Å². The molecule has 0 spiro atoms. The van der Waals surface area contributed by atoms with Gasteiger partial charge in [-0.25, -0.2) is 0 Å². The smallest absolute Gasteiger partial charge is 0.225 e. The summed E-state index contributed by atoms with van der Waals surface area (Å²) >= 11 is 0. The van der Waals surface area contributed by atoms with E-state index in [9.17, 15) is 9.59 Å².